The Kier molecular flexibility index (Phi) is 5.73. The van der Waals surface area contributed by atoms with Gasteiger partial charge in [0, 0.05) is 31.7 Å². The first-order valence-electron chi connectivity index (χ1n) is 8.75. The van der Waals surface area contributed by atoms with Crippen LogP contribution in [0.15, 0.2) is 42.7 Å². The van der Waals surface area contributed by atoms with E-state index in [9.17, 15) is 13.2 Å². The maximum absolute atomic E-state index is 12.2. The second-order valence-electron chi connectivity index (χ2n) is 6.63. The Balaban J connectivity index is 1.44. The number of rotatable bonds is 6. The first kappa shape index (κ1) is 18.6. The zero-order chi connectivity index (χ0) is 18.6. The molecule has 0 unspecified atom stereocenters. The first-order chi connectivity index (χ1) is 12.4. The normalized spacial score (nSPS) is 16.5. The van der Waals surface area contributed by atoms with E-state index in [0.717, 1.165) is 11.3 Å². The van der Waals surface area contributed by atoms with Crippen LogP contribution >= 0.6 is 0 Å². The minimum atomic E-state index is -3.13. The summed E-state index contributed by atoms with van der Waals surface area (Å²) in [7, 11) is -3.13. The molecule has 0 saturated carbocycles. The van der Waals surface area contributed by atoms with Gasteiger partial charge in [0.05, 0.1) is 18.1 Å². The van der Waals surface area contributed by atoms with Gasteiger partial charge in [-0.2, -0.15) is 5.10 Å². The summed E-state index contributed by atoms with van der Waals surface area (Å²) in [4.78, 5) is 12.2. The van der Waals surface area contributed by atoms with E-state index in [0.29, 0.717) is 38.8 Å². The highest BCUT2D eigenvalue weighted by Crippen LogP contribution is 2.14. The summed E-state index contributed by atoms with van der Waals surface area (Å²) in [6.45, 7) is 0.932. The molecule has 1 saturated heterocycles. The molecule has 140 valence electrons. The van der Waals surface area contributed by atoms with Crippen LogP contribution in [0.1, 0.15) is 24.8 Å². The Hall–Kier alpha value is -2.19. The predicted molar refractivity (Wildman–Crippen MR) is 99.5 cm³/mol. The maximum Gasteiger partial charge on any atom is 0.220 e. The lowest BCUT2D eigenvalue weighted by Crippen LogP contribution is -2.46. The smallest absolute Gasteiger partial charge is 0.220 e. The highest BCUT2D eigenvalue weighted by molar-refractivity contribution is 7.88. The van der Waals surface area contributed by atoms with Gasteiger partial charge in [-0.05, 0) is 37.0 Å². The van der Waals surface area contributed by atoms with Crippen LogP contribution in [0.25, 0.3) is 5.69 Å². The van der Waals surface area contributed by atoms with Crippen molar-refractivity contribution < 1.29 is 13.2 Å². The van der Waals surface area contributed by atoms with E-state index in [4.69, 9.17) is 0 Å². The Morgan fingerprint density at radius 1 is 1.23 bits per heavy atom. The molecule has 0 spiro atoms. The number of benzene rings is 1. The highest BCUT2D eigenvalue weighted by Gasteiger charge is 2.25. The third-order valence-electron chi connectivity index (χ3n) is 4.59. The number of carbonyl (C=O) groups excluding carboxylic acids is 1. The molecule has 0 aliphatic carbocycles. The molecular formula is C18H24N4O3S. The van der Waals surface area contributed by atoms with Gasteiger partial charge in [0.2, 0.25) is 15.9 Å². The van der Waals surface area contributed by atoms with Crippen molar-refractivity contribution in [2.24, 2.45) is 0 Å². The SMILES string of the molecule is CS(=O)(=O)N1CCC(NC(=O)CCc2cnn(-c3ccccc3)c2)CC1. The van der Waals surface area contributed by atoms with Gasteiger partial charge in [0.25, 0.3) is 0 Å². The summed E-state index contributed by atoms with van der Waals surface area (Å²) >= 11 is 0. The number of amides is 1. The molecule has 2 aromatic rings. The van der Waals surface area contributed by atoms with Crippen LogP contribution in [0.2, 0.25) is 0 Å². The lowest BCUT2D eigenvalue weighted by molar-refractivity contribution is -0.122. The third-order valence-corrected chi connectivity index (χ3v) is 5.89. The highest BCUT2D eigenvalue weighted by atomic mass is 32.2. The van der Waals surface area contributed by atoms with E-state index in [-0.39, 0.29) is 11.9 Å². The summed E-state index contributed by atoms with van der Waals surface area (Å²) in [5, 5.41) is 7.35. The molecule has 3 rings (SSSR count). The Labute approximate surface area is 154 Å². The number of sulfonamides is 1. The van der Waals surface area contributed by atoms with Crippen molar-refractivity contribution in [2.75, 3.05) is 19.3 Å². The molecule has 1 fully saturated rings. The van der Waals surface area contributed by atoms with Gasteiger partial charge >= 0.3 is 0 Å². The van der Waals surface area contributed by atoms with Crippen molar-refractivity contribution in [3.63, 3.8) is 0 Å². The summed E-state index contributed by atoms with van der Waals surface area (Å²) in [6, 6.07) is 9.88. The standard InChI is InChI=1S/C18H24N4O3S/c1-26(24,25)21-11-9-16(10-12-21)20-18(23)8-7-15-13-19-22(14-15)17-5-3-2-4-6-17/h2-6,13-14,16H,7-12H2,1H3,(H,20,23). The molecule has 0 radical (unpaired) electrons. The number of nitrogens with one attached hydrogen (secondary N) is 1. The van der Waals surface area contributed by atoms with Gasteiger partial charge in [-0.25, -0.2) is 17.4 Å². The average molecular weight is 376 g/mol. The summed E-state index contributed by atoms with van der Waals surface area (Å²) in [5.41, 5.74) is 2.00. The van der Waals surface area contributed by atoms with E-state index in [1.807, 2.05) is 36.5 Å². The van der Waals surface area contributed by atoms with Crippen LogP contribution in [0, 0.1) is 0 Å². The van der Waals surface area contributed by atoms with Gasteiger partial charge in [-0.15, -0.1) is 0 Å². The fourth-order valence-corrected chi connectivity index (χ4v) is 3.97. The molecule has 1 aliphatic rings. The number of piperidine rings is 1. The summed E-state index contributed by atoms with van der Waals surface area (Å²) < 4.78 is 26.3. The molecule has 7 nitrogen and oxygen atoms in total. The number of para-hydroxylation sites is 1. The Morgan fingerprint density at radius 3 is 2.58 bits per heavy atom. The zero-order valence-electron chi connectivity index (χ0n) is 14.8. The quantitative estimate of drug-likeness (QED) is 0.825. The lowest BCUT2D eigenvalue weighted by atomic mass is 10.1. The van der Waals surface area contributed by atoms with Gasteiger partial charge in [-0.3, -0.25) is 4.79 Å². The van der Waals surface area contributed by atoms with Crippen LogP contribution in [0.4, 0.5) is 0 Å². The molecule has 0 atom stereocenters. The Morgan fingerprint density at radius 2 is 1.92 bits per heavy atom. The van der Waals surface area contributed by atoms with Crippen molar-refractivity contribution in [1.29, 1.82) is 0 Å². The van der Waals surface area contributed by atoms with Gasteiger partial charge < -0.3 is 5.32 Å². The molecule has 0 bridgehead atoms. The third kappa shape index (κ3) is 4.92. The van der Waals surface area contributed by atoms with E-state index in [2.05, 4.69) is 10.4 Å². The minimum Gasteiger partial charge on any atom is -0.353 e. The summed E-state index contributed by atoms with van der Waals surface area (Å²) in [6.07, 6.45) is 7.28. The average Bonchev–Trinajstić information content (AvgIpc) is 3.09. The van der Waals surface area contributed by atoms with Crippen molar-refractivity contribution in [2.45, 2.75) is 31.7 Å². The van der Waals surface area contributed by atoms with E-state index in [1.54, 1.807) is 10.9 Å². The molecule has 2 heterocycles. The van der Waals surface area contributed by atoms with Crippen molar-refractivity contribution >= 4 is 15.9 Å². The molecular weight excluding hydrogens is 352 g/mol. The number of nitrogens with zero attached hydrogens (tertiary/aromatic N) is 3. The monoisotopic (exact) mass is 376 g/mol. The molecule has 1 aromatic carbocycles. The number of carbonyl (C=O) groups is 1. The number of aromatic nitrogens is 2. The summed E-state index contributed by atoms with van der Waals surface area (Å²) in [5.74, 6) is -0.00438. The van der Waals surface area contributed by atoms with Gasteiger partial charge in [0.1, 0.15) is 0 Å². The number of hydrogen-bond acceptors (Lipinski definition) is 4. The first-order valence-corrected chi connectivity index (χ1v) is 10.6. The largest absolute Gasteiger partial charge is 0.353 e. The Bertz CT molecular complexity index is 840. The second-order valence-corrected chi connectivity index (χ2v) is 8.61. The van der Waals surface area contributed by atoms with E-state index in [1.165, 1.54) is 10.6 Å². The van der Waals surface area contributed by atoms with Crippen LogP contribution in [0.3, 0.4) is 0 Å². The number of hydrogen-bond donors (Lipinski definition) is 1. The topological polar surface area (TPSA) is 84.3 Å². The van der Waals surface area contributed by atoms with Crippen LogP contribution in [-0.2, 0) is 21.2 Å². The fraction of sp³-hybridized carbons (Fsp3) is 0.444. The van der Waals surface area contributed by atoms with Crippen LogP contribution in [0.5, 0.6) is 0 Å². The molecule has 26 heavy (non-hydrogen) atoms. The van der Waals surface area contributed by atoms with Crippen LogP contribution < -0.4 is 5.32 Å². The predicted octanol–water partition coefficient (Wildman–Crippen LogP) is 1.35. The van der Waals surface area contributed by atoms with Crippen molar-refractivity contribution in [3.05, 3.63) is 48.3 Å². The molecule has 1 amide bonds. The molecule has 1 aliphatic heterocycles. The van der Waals surface area contributed by atoms with Crippen molar-refractivity contribution in [1.82, 2.24) is 19.4 Å². The van der Waals surface area contributed by atoms with E-state index < -0.39 is 10.0 Å². The molecule has 8 heteroatoms. The van der Waals surface area contributed by atoms with Gasteiger partial charge in [-0.1, -0.05) is 18.2 Å². The van der Waals surface area contributed by atoms with Gasteiger partial charge in [0.15, 0.2) is 0 Å². The fourth-order valence-electron chi connectivity index (χ4n) is 3.10. The van der Waals surface area contributed by atoms with Crippen LogP contribution in [-0.4, -0.2) is 53.8 Å². The zero-order valence-corrected chi connectivity index (χ0v) is 15.7. The minimum absolute atomic E-state index is 0.00438. The number of aryl methyl sites for hydroxylation is 1. The van der Waals surface area contributed by atoms with Crippen molar-refractivity contribution in [3.8, 4) is 5.69 Å². The lowest BCUT2D eigenvalue weighted by Gasteiger charge is -2.30. The van der Waals surface area contributed by atoms with E-state index >= 15 is 0 Å². The molecule has 1 aromatic heterocycles. The second kappa shape index (κ2) is 8.01. The molecule has 1 N–H and O–H groups in total. The maximum atomic E-state index is 12.2.